The number of halogens is 3. The number of rotatable bonds is 0. The van der Waals surface area contributed by atoms with Crippen LogP contribution in [0.3, 0.4) is 0 Å². The molecule has 0 amide bonds. The number of fused-ring (bicyclic) bond motifs is 1. The molecule has 0 saturated carbocycles. The van der Waals surface area contributed by atoms with E-state index in [2.05, 4.69) is 0 Å². The summed E-state index contributed by atoms with van der Waals surface area (Å²) in [5.41, 5.74) is 0.646. The molecule has 1 atom stereocenters. The normalized spacial score (nSPS) is 21.2. The molecule has 1 unspecified atom stereocenters. The lowest BCUT2D eigenvalue weighted by molar-refractivity contribution is -0.137. The summed E-state index contributed by atoms with van der Waals surface area (Å²) in [7, 11) is 0. The van der Waals surface area contributed by atoms with Gasteiger partial charge >= 0.3 is 6.18 Å². The zero-order valence-corrected chi connectivity index (χ0v) is 8.01. The van der Waals surface area contributed by atoms with Crippen LogP contribution in [0.2, 0.25) is 0 Å². The molecule has 4 heteroatoms. The SMILES string of the molecule is OC1CCCc2cc(C(F)(F)F)ccc21. The molecule has 1 aliphatic rings. The lowest BCUT2D eigenvalue weighted by Crippen LogP contribution is -2.12. The van der Waals surface area contributed by atoms with Gasteiger partial charge in [-0.2, -0.15) is 13.2 Å². The number of hydrogen-bond acceptors (Lipinski definition) is 1. The monoisotopic (exact) mass is 216 g/mol. The largest absolute Gasteiger partial charge is 0.416 e. The van der Waals surface area contributed by atoms with Crippen molar-refractivity contribution in [3.63, 3.8) is 0 Å². The summed E-state index contributed by atoms with van der Waals surface area (Å²) < 4.78 is 37.2. The zero-order valence-electron chi connectivity index (χ0n) is 8.01. The number of hydrogen-bond donors (Lipinski definition) is 1. The second kappa shape index (κ2) is 3.52. The molecule has 2 rings (SSSR count). The average Bonchev–Trinajstić information content (AvgIpc) is 2.16. The Balaban J connectivity index is 2.42. The van der Waals surface area contributed by atoms with Gasteiger partial charge in [-0.1, -0.05) is 6.07 Å². The topological polar surface area (TPSA) is 20.2 Å². The van der Waals surface area contributed by atoms with Gasteiger partial charge in [-0.3, -0.25) is 0 Å². The smallest absolute Gasteiger partial charge is 0.388 e. The van der Waals surface area contributed by atoms with E-state index in [-0.39, 0.29) is 0 Å². The Kier molecular flexibility index (Phi) is 2.46. The van der Waals surface area contributed by atoms with Gasteiger partial charge < -0.3 is 5.11 Å². The number of aryl methyl sites for hydroxylation is 1. The number of benzene rings is 1. The van der Waals surface area contributed by atoms with Gasteiger partial charge in [0.25, 0.3) is 0 Å². The van der Waals surface area contributed by atoms with Gasteiger partial charge in [-0.25, -0.2) is 0 Å². The molecule has 0 saturated heterocycles. The fourth-order valence-electron chi connectivity index (χ4n) is 1.97. The Bertz CT molecular complexity index is 371. The van der Waals surface area contributed by atoms with E-state index in [1.54, 1.807) is 0 Å². The van der Waals surface area contributed by atoms with E-state index in [1.165, 1.54) is 6.07 Å². The Morgan fingerprint density at radius 3 is 2.67 bits per heavy atom. The van der Waals surface area contributed by atoms with Crippen molar-refractivity contribution in [3.05, 3.63) is 34.9 Å². The molecular formula is C11H11F3O. The summed E-state index contributed by atoms with van der Waals surface area (Å²) in [5, 5.41) is 9.57. The maximum absolute atomic E-state index is 12.4. The zero-order chi connectivity index (χ0) is 11.1. The van der Waals surface area contributed by atoms with Crippen molar-refractivity contribution in [2.75, 3.05) is 0 Å². The molecule has 0 bridgehead atoms. The molecule has 1 aliphatic carbocycles. The number of aliphatic hydroxyl groups excluding tert-OH is 1. The summed E-state index contributed by atoms with van der Waals surface area (Å²) in [5.74, 6) is 0. The third-order valence-electron chi connectivity index (χ3n) is 2.75. The molecule has 0 radical (unpaired) electrons. The van der Waals surface area contributed by atoms with E-state index in [4.69, 9.17) is 0 Å². The minimum absolute atomic E-state index is 0.601. The van der Waals surface area contributed by atoms with Crippen LogP contribution in [0.25, 0.3) is 0 Å². The van der Waals surface area contributed by atoms with E-state index in [9.17, 15) is 18.3 Å². The van der Waals surface area contributed by atoms with E-state index in [0.29, 0.717) is 24.0 Å². The molecule has 15 heavy (non-hydrogen) atoms. The Labute approximate surface area is 85.5 Å². The van der Waals surface area contributed by atoms with Gasteiger partial charge in [-0.05, 0) is 42.5 Å². The maximum Gasteiger partial charge on any atom is 0.416 e. The van der Waals surface area contributed by atoms with Crippen LogP contribution in [0, 0.1) is 0 Å². The van der Waals surface area contributed by atoms with Gasteiger partial charge in [0.15, 0.2) is 0 Å². The molecule has 0 spiro atoms. The maximum atomic E-state index is 12.4. The predicted molar refractivity (Wildman–Crippen MR) is 49.3 cm³/mol. The molecule has 0 aromatic heterocycles. The van der Waals surface area contributed by atoms with E-state index in [1.807, 2.05) is 0 Å². The molecule has 0 fully saturated rings. The third kappa shape index (κ3) is 2.00. The van der Waals surface area contributed by atoms with Crippen molar-refractivity contribution in [2.24, 2.45) is 0 Å². The van der Waals surface area contributed by atoms with Crippen molar-refractivity contribution in [2.45, 2.75) is 31.5 Å². The number of aliphatic hydroxyl groups is 1. The van der Waals surface area contributed by atoms with Gasteiger partial charge in [0.2, 0.25) is 0 Å². The van der Waals surface area contributed by atoms with Crippen LogP contribution in [0.4, 0.5) is 13.2 Å². The van der Waals surface area contributed by atoms with Crippen molar-refractivity contribution in [3.8, 4) is 0 Å². The van der Waals surface area contributed by atoms with Crippen LogP contribution < -0.4 is 0 Å². The van der Waals surface area contributed by atoms with E-state index >= 15 is 0 Å². The molecule has 0 aliphatic heterocycles. The van der Waals surface area contributed by atoms with Crippen LogP contribution in [-0.4, -0.2) is 5.11 Å². The van der Waals surface area contributed by atoms with Crippen LogP contribution >= 0.6 is 0 Å². The Hall–Kier alpha value is -1.03. The van der Waals surface area contributed by atoms with Gasteiger partial charge in [0, 0.05) is 0 Å². The van der Waals surface area contributed by atoms with Crippen LogP contribution in [0.15, 0.2) is 18.2 Å². The van der Waals surface area contributed by atoms with Crippen LogP contribution in [0.5, 0.6) is 0 Å². The van der Waals surface area contributed by atoms with Gasteiger partial charge in [0.05, 0.1) is 11.7 Å². The first-order valence-electron chi connectivity index (χ1n) is 4.86. The van der Waals surface area contributed by atoms with Gasteiger partial charge in [-0.15, -0.1) is 0 Å². The fraction of sp³-hybridized carbons (Fsp3) is 0.455. The quantitative estimate of drug-likeness (QED) is 0.706. The second-order valence-electron chi connectivity index (χ2n) is 3.82. The van der Waals surface area contributed by atoms with Crippen molar-refractivity contribution in [1.29, 1.82) is 0 Å². The summed E-state index contributed by atoms with van der Waals surface area (Å²) >= 11 is 0. The van der Waals surface area contributed by atoms with E-state index < -0.39 is 17.8 Å². The predicted octanol–water partition coefficient (Wildman–Crippen LogP) is 3.08. The molecule has 1 aromatic carbocycles. The highest BCUT2D eigenvalue weighted by atomic mass is 19.4. The third-order valence-corrected chi connectivity index (χ3v) is 2.75. The Morgan fingerprint density at radius 2 is 2.00 bits per heavy atom. The Morgan fingerprint density at radius 1 is 1.27 bits per heavy atom. The van der Waals surface area contributed by atoms with Crippen molar-refractivity contribution >= 4 is 0 Å². The summed E-state index contributed by atoms with van der Waals surface area (Å²) in [6.45, 7) is 0. The highest BCUT2D eigenvalue weighted by molar-refractivity contribution is 5.36. The second-order valence-corrected chi connectivity index (χ2v) is 3.82. The minimum Gasteiger partial charge on any atom is -0.388 e. The molecule has 82 valence electrons. The minimum atomic E-state index is -4.29. The van der Waals surface area contributed by atoms with Crippen LogP contribution in [-0.2, 0) is 12.6 Å². The molecule has 1 N–H and O–H groups in total. The summed E-state index contributed by atoms with van der Waals surface area (Å²) in [6, 6.07) is 3.58. The molecule has 1 aromatic rings. The van der Waals surface area contributed by atoms with Crippen molar-refractivity contribution in [1.82, 2.24) is 0 Å². The standard InChI is InChI=1S/C11H11F3O/c12-11(13,14)8-4-5-9-7(6-8)2-1-3-10(9)15/h4-6,10,15H,1-3H2. The fourth-order valence-corrected chi connectivity index (χ4v) is 1.97. The molecular weight excluding hydrogens is 205 g/mol. The number of alkyl halides is 3. The highest BCUT2D eigenvalue weighted by Crippen LogP contribution is 2.35. The molecule has 0 heterocycles. The summed E-state index contributed by atoms with van der Waals surface area (Å²) in [6.07, 6.45) is -2.89. The lowest BCUT2D eigenvalue weighted by Gasteiger charge is -2.22. The van der Waals surface area contributed by atoms with Gasteiger partial charge in [0.1, 0.15) is 0 Å². The molecule has 1 nitrogen and oxygen atoms in total. The first kappa shape index (κ1) is 10.5. The van der Waals surface area contributed by atoms with E-state index in [0.717, 1.165) is 18.6 Å². The first-order chi connectivity index (χ1) is 6.98. The lowest BCUT2D eigenvalue weighted by atomic mass is 9.88. The first-order valence-corrected chi connectivity index (χ1v) is 4.86. The highest BCUT2D eigenvalue weighted by Gasteiger charge is 2.31. The van der Waals surface area contributed by atoms with Crippen molar-refractivity contribution < 1.29 is 18.3 Å². The summed E-state index contributed by atoms with van der Waals surface area (Å²) in [4.78, 5) is 0. The average molecular weight is 216 g/mol. The van der Waals surface area contributed by atoms with Crippen LogP contribution in [0.1, 0.15) is 35.6 Å².